The maximum Gasteiger partial charge on any atom is 0.193 e. The Labute approximate surface area is 156 Å². The maximum absolute atomic E-state index is 13.7. The number of rotatable bonds is 6. The van der Waals surface area contributed by atoms with E-state index in [4.69, 9.17) is 11.6 Å². The van der Waals surface area contributed by atoms with Crippen LogP contribution in [0.3, 0.4) is 0 Å². The van der Waals surface area contributed by atoms with Crippen LogP contribution in [0.25, 0.3) is 0 Å². The molecule has 0 atom stereocenters. The van der Waals surface area contributed by atoms with E-state index in [0.29, 0.717) is 16.8 Å². The molecule has 9 heteroatoms. The van der Waals surface area contributed by atoms with E-state index in [1.807, 2.05) is 24.1 Å². The molecule has 0 spiro atoms. The van der Waals surface area contributed by atoms with Gasteiger partial charge in [0.15, 0.2) is 15.8 Å². The van der Waals surface area contributed by atoms with Crippen LogP contribution in [0.5, 0.6) is 0 Å². The van der Waals surface area contributed by atoms with Crippen LogP contribution in [0.2, 0.25) is 4.34 Å². The molecule has 1 heterocycles. The standard InChI is InChI=1S/C16H19ClFN3O2S2/c1-19-16(21(2)11-12-7-8-15(17)24-12)20-9-10-25(22,23)14-6-4-3-5-13(14)18/h3-8H,9-11H2,1-2H3,(H,19,20). The van der Waals surface area contributed by atoms with Crippen molar-refractivity contribution in [1.82, 2.24) is 10.2 Å². The first-order chi connectivity index (χ1) is 11.8. The Kier molecular flexibility index (Phi) is 6.80. The maximum atomic E-state index is 13.7. The average Bonchev–Trinajstić information content (AvgIpc) is 2.96. The minimum absolute atomic E-state index is 0.124. The summed E-state index contributed by atoms with van der Waals surface area (Å²) in [5.41, 5.74) is 0. The minimum Gasteiger partial charge on any atom is -0.355 e. The fraction of sp³-hybridized carbons (Fsp3) is 0.312. The molecule has 1 aromatic heterocycles. The predicted octanol–water partition coefficient (Wildman–Crippen LogP) is 3.02. The number of halogens is 2. The summed E-state index contributed by atoms with van der Waals surface area (Å²) in [5.74, 6) is -0.419. The molecule has 0 saturated carbocycles. The van der Waals surface area contributed by atoms with E-state index >= 15 is 0 Å². The van der Waals surface area contributed by atoms with Crippen molar-refractivity contribution in [3.05, 3.63) is 51.4 Å². The Morgan fingerprint density at radius 1 is 1.32 bits per heavy atom. The first kappa shape index (κ1) is 19.7. The molecular weight excluding hydrogens is 385 g/mol. The number of benzene rings is 1. The molecule has 0 radical (unpaired) electrons. The third kappa shape index (κ3) is 5.42. The second-order valence-electron chi connectivity index (χ2n) is 5.29. The Hall–Kier alpha value is -1.64. The van der Waals surface area contributed by atoms with Crippen LogP contribution in [0, 0.1) is 5.82 Å². The number of hydrogen-bond acceptors (Lipinski definition) is 4. The normalized spacial score (nSPS) is 12.2. The summed E-state index contributed by atoms with van der Waals surface area (Å²) in [6, 6.07) is 9.12. The molecular formula is C16H19ClFN3O2S2. The third-order valence-corrected chi connectivity index (χ3v) is 6.38. The molecule has 0 aliphatic rings. The topological polar surface area (TPSA) is 61.8 Å². The summed E-state index contributed by atoms with van der Waals surface area (Å²) in [4.78, 5) is 6.77. The predicted molar refractivity (Wildman–Crippen MR) is 101 cm³/mol. The van der Waals surface area contributed by atoms with Gasteiger partial charge in [0.1, 0.15) is 10.7 Å². The van der Waals surface area contributed by atoms with Gasteiger partial charge in [-0.05, 0) is 24.3 Å². The van der Waals surface area contributed by atoms with Crippen molar-refractivity contribution >= 4 is 38.7 Å². The summed E-state index contributed by atoms with van der Waals surface area (Å²) < 4.78 is 38.9. The van der Waals surface area contributed by atoms with Crippen molar-refractivity contribution in [2.24, 2.45) is 4.99 Å². The lowest BCUT2D eigenvalue weighted by Crippen LogP contribution is -2.40. The fourth-order valence-corrected chi connectivity index (χ4v) is 4.62. The van der Waals surface area contributed by atoms with Gasteiger partial charge >= 0.3 is 0 Å². The van der Waals surface area contributed by atoms with Gasteiger partial charge in [-0.2, -0.15) is 0 Å². The molecule has 1 N–H and O–H groups in total. The van der Waals surface area contributed by atoms with E-state index < -0.39 is 15.7 Å². The highest BCUT2D eigenvalue weighted by molar-refractivity contribution is 7.91. The van der Waals surface area contributed by atoms with Crippen LogP contribution in [0.1, 0.15) is 4.88 Å². The van der Waals surface area contributed by atoms with Crippen LogP contribution in [0.15, 0.2) is 46.3 Å². The first-order valence-electron chi connectivity index (χ1n) is 7.47. The van der Waals surface area contributed by atoms with Crippen molar-refractivity contribution in [3.8, 4) is 0 Å². The van der Waals surface area contributed by atoms with Gasteiger partial charge in [0.25, 0.3) is 0 Å². The van der Waals surface area contributed by atoms with Crippen LogP contribution in [-0.4, -0.2) is 45.7 Å². The Morgan fingerprint density at radius 2 is 2.04 bits per heavy atom. The minimum atomic E-state index is -3.70. The summed E-state index contributed by atoms with van der Waals surface area (Å²) in [5, 5.41) is 2.99. The van der Waals surface area contributed by atoms with Crippen LogP contribution >= 0.6 is 22.9 Å². The van der Waals surface area contributed by atoms with Crippen molar-refractivity contribution in [1.29, 1.82) is 0 Å². The molecule has 1 aromatic carbocycles. The van der Waals surface area contributed by atoms with Crippen molar-refractivity contribution < 1.29 is 12.8 Å². The second-order valence-corrected chi connectivity index (χ2v) is 9.16. The van der Waals surface area contributed by atoms with Crippen molar-refractivity contribution in [2.45, 2.75) is 11.4 Å². The van der Waals surface area contributed by atoms with Gasteiger partial charge in [-0.15, -0.1) is 11.3 Å². The van der Waals surface area contributed by atoms with E-state index in [2.05, 4.69) is 10.3 Å². The number of sulfone groups is 1. The third-order valence-electron chi connectivity index (χ3n) is 3.42. The van der Waals surface area contributed by atoms with Gasteiger partial charge in [0.2, 0.25) is 0 Å². The lowest BCUT2D eigenvalue weighted by molar-refractivity contribution is 0.483. The molecule has 0 aliphatic heterocycles. The highest BCUT2D eigenvalue weighted by atomic mass is 35.5. The van der Waals surface area contributed by atoms with Gasteiger partial charge in [0.05, 0.1) is 16.6 Å². The lowest BCUT2D eigenvalue weighted by atomic mass is 10.3. The van der Waals surface area contributed by atoms with E-state index in [9.17, 15) is 12.8 Å². The molecule has 2 aromatic rings. The summed E-state index contributed by atoms with van der Waals surface area (Å²) in [7, 11) is -0.244. The zero-order chi connectivity index (χ0) is 18.4. The van der Waals surface area contributed by atoms with E-state index in [1.165, 1.54) is 29.5 Å². The summed E-state index contributed by atoms with van der Waals surface area (Å²) >= 11 is 7.39. The number of hydrogen-bond donors (Lipinski definition) is 1. The fourth-order valence-electron chi connectivity index (χ4n) is 2.23. The van der Waals surface area contributed by atoms with E-state index in [0.717, 1.165) is 10.9 Å². The number of nitrogens with zero attached hydrogens (tertiary/aromatic N) is 2. The van der Waals surface area contributed by atoms with E-state index in [-0.39, 0.29) is 17.2 Å². The quantitative estimate of drug-likeness (QED) is 0.595. The van der Waals surface area contributed by atoms with Crippen molar-refractivity contribution in [3.63, 3.8) is 0 Å². The van der Waals surface area contributed by atoms with Gasteiger partial charge in [0, 0.05) is 25.5 Å². The number of thiophene rings is 1. The Morgan fingerprint density at radius 3 is 2.64 bits per heavy atom. The summed E-state index contributed by atoms with van der Waals surface area (Å²) in [6.07, 6.45) is 0. The molecule has 0 aliphatic carbocycles. The molecule has 5 nitrogen and oxygen atoms in total. The molecule has 0 amide bonds. The molecule has 0 bridgehead atoms. The summed E-state index contributed by atoms with van der Waals surface area (Å²) in [6.45, 7) is 0.718. The van der Waals surface area contributed by atoms with Crippen LogP contribution in [0.4, 0.5) is 4.39 Å². The average molecular weight is 404 g/mol. The number of aliphatic imine (C=N–C) groups is 1. The molecule has 25 heavy (non-hydrogen) atoms. The van der Waals surface area contributed by atoms with Gasteiger partial charge in [-0.25, -0.2) is 12.8 Å². The zero-order valence-corrected chi connectivity index (χ0v) is 16.3. The first-order valence-corrected chi connectivity index (χ1v) is 10.3. The molecule has 0 unspecified atom stereocenters. The SMILES string of the molecule is CN=C(NCCS(=O)(=O)c1ccccc1F)N(C)Cc1ccc(Cl)s1. The van der Waals surface area contributed by atoms with E-state index in [1.54, 1.807) is 7.05 Å². The zero-order valence-electron chi connectivity index (χ0n) is 13.9. The van der Waals surface area contributed by atoms with Gasteiger partial charge in [-0.3, -0.25) is 4.99 Å². The lowest BCUT2D eigenvalue weighted by Gasteiger charge is -2.21. The molecule has 0 fully saturated rings. The highest BCUT2D eigenvalue weighted by Gasteiger charge is 2.19. The van der Waals surface area contributed by atoms with Crippen LogP contribution in [-0.2, 0) is 16.4 Å². The number of nitrogens with one attached hydrogen (secondary N) is 1. The monoisotopic (exact) mass is 403 g/mol. The van der Waals surface area contributed by atoms with Gasteiger partial charge < -0.3 is 10.2 Å². The molecule has 136 valence electrons. The van der Waals surface area contributed by atoms with Crippen molar-refractivity contribution in [2.75, 3.05) is 26.4 Å². The van der Waals surface area contributed by atoms with Gasteiger partial charge in [-0.1, -0.05) is 23.7 Å². The smallest absolute Gasteiger partial charge is 0.193 e. The Balaban J connectivity index is 1.93. The highest BCUT2D eigenvalue weighted by Crippen LogP contribution is 2.22. The number of guanidine groups is 1. The van der Waals surface area contributed by atoms with Crippen LogP contribution < -0.4 is 5.32 Å². The molecule has 0 saturated heterocycles. The second kappa shape index (κ2) is 8.64. The molecule has 2 rings (SSSR count). The Bertz CT molecular complexity index is 853. The largest absolute Gasteiger partial charge is 0.355 e.